The predicted molar refractivity (Wildman–Crippen MR) is 92.7 cm³/mol. The third-order valence-corrected chi connectivity index (χ3v) is 3.99. The van der Waals surface area contributed by atoms with Crippen molar-refractivity contribution in [3.8, 4) is 6.07 Å². The predicted octanol–water partition coefficient (Wildman–Crippen LogP) is 1.79. The van der Waals surface area contributed by atoms with E-state index in [1.807, 2.05) is 6.07 Å². The first-order valence-electron chi connectivity index (χ1n) is 7.64. The van der Waals surface area contributed by atoms with Crippen LogP contribution >= 0.6 is 15.9 Å². The Labute approximate surface area is 148 Å². The van der Waals surface area contributed by atoms with Crippen LogP contribution in [-0.4, -0.2) is 41.3 Å². The maximum Gasteiger partial charge on any atom is 0.263 e. The number of anilines is 1. The van der Waals surface area contributed by atoms with Gasteiger partial charge >= 0.3 is 0 Å². The number of rotatable bonds is 7. The lowest BCUT2D eigenvalue weighted by molar-refractivity contribution is -0.127. The van der Waals surface area contributed by atoms with Gasteiger partial charge < -0.3 is 15.5 Å². The van der Waals surface area contributed by atoms with Crippen LogP contribution in [-0.2, 0) is 9.59 Å². The summed E-state index contributed by atoms with van der Waals surface area (Å²) in [4.78, 5) is 29.3. The van der Waals surface area contributed by atoms with Gasteiger partial charge in [0, 0.05) is 42.9 Å². The number of amides is 2. The van der Waals surface area contributed by atoms with Crippen molar-refractivity contribution in [3.63, 3.8) is 0 Å². The standard InChI is InChI=1S/C16H18BrN5O2/c17-13-4-5-14(21-11-13)20-10-12(9-18)16(24)19-6-2-8-22-7-1-3-15(22)23/h4-5,10-11H,1-3,6-8H2,(H,19,24)(H,20,21)/b12-10-. The van der Waals surface area contributed by atoms with Crippen molar-refractivity contribution >= 4 is 33.6 Å². The molecule has 0 atom stereocenters. The maximum absolute atomic E-state index is 12.0. The van der Waals surface area contributed by atoms with E-state index in [1.54, 1.807) is 23.2 Å². The molecule has 0 saturated carbocycles. The second kappa shape index (κ2) is 9.03. The van der Waals surface area contributed by atoms with E-state index in [-0.39, 0.29) is 11.5 Å². The van der Waals surface area contributed by atoms with E-state index in [0.717, 1.165) is 17.4 Å². The zero-order chi connectivity index (χ0) is 17.4. The van der Waals surface area contributed by atoms with Crippen LogP contribution in [0, 0.1) is 11.3 Å². The van der Waals surface area contributed by atoms with Crippen LogP contribution in [0.25, 0.3) is 0 Å². The highest BCUT2D eigenvalue weighted by Crippen LogP contribution is 2.11. The van der Waals surface area contributed by atoms with Gasteiger partial charge in [-0.05, 0) is 40.9 Å². The summed E-state index contributed by atoms with van der Waals surface area (Å²) in [5, 5.41) is 14.6. The molecule has 0 spiro atoms. The Morgan fingerprint density at radius 3 is 2.96 bits per heavy atom. The monoisotopic (exact) mass is 391 g/mol. The molecule has 0 bridgehead atoms. The van der Waals surface area contributed by atoms with E-state index in [2.05, 4.69) is 31.5 Å². The van der Waals surface area contributed by atoms with Gasteiger partial charge in [-0.25, -0.2) is 4.98 Å². The number of carbonyl (C=O) groups excluding carboxylic acids is 2. The van der Waals surface area contributed by atoms with Gasteiger partial charge in [0.15, 0.2) is 0 Å². The molecule has 1 aromatic rings. The lowest BCUT2D eigenvalue weighted by Gasteiger charge is -2.15. The first-order valence-corrected chi connectivity index (χ1v) is 8.44. The van der Waals surface area contributed by atoms with Crippen LogP contribution < -0.4 is 10.6 Å². The minimum Gasteiger partial charge on any atom is -0.351 e. The topological polar surface area (TPSA) is 98.1 Å². The van der Waals surface area contributed by atoms with Crippen LogP contribution in [0.2, 0.25) is 0 Å². The quantitative estimate of drug-likeness (QED) is 0.419. The zero-order valence-electron chi connectivity index (χ0n) is 13.1. The van der Waals surface area contributed by atoms with Crippen LogP contribution in [0.4, 0.5) is 5.82 Å². The lowest BCUT2D eigenvalue weighted by atomic mass is 10.3. The fourth-order valence-electron chi connectivity index (χ4n) is 2.26. The highest BCUT2D eigenvalue weighted by Gasteiger charge is 2.19. The Balaban J connectivity index is 1.76. The molecule has 1 aliphatic heterocycles. The molecule has 2 N–H and O–H groups in total. The van der Waals surface area contributed by atoms with Crippen molar-refractivity contribution < 1.29 is 9.59 Å². The lowest BCUT2D eigenvalue weighted by Crippen LogP contribution is -2.31. The summed E-state index contributed by atoms with van der Waals surface area (Å²) in [5.74, 6) is 0.256. The Kier molecular flexibility index (Phi) is 6.75. The fourth-order valence-corrected chi connectivity index (χ4v) is 2.50. The highest BCUT2D eigenvalue weighted by atomic mass is 79.9. The molecule has 1 fully saturated rings. The van der Waals surface area contributed by atoms with E-state index < -0.39 is 5.91 Å². The van der Waals surface area contributed by atoms with Crippen LogP contribution in [0.1, 0.15) is 19.3 Å². The summed E-state index contributed by atoms with van der Waals surface area (Å²) in [6.45, 7) is 1.84. The van der Waals surface area contributed by atoms with Gasteiger partial charge in [0.2, 0.25) is 5.91 Å². The number of likely N-dealkylation sites (tertiary alicyclic amines) is 1. The molecule has 2 amide bonds. The first-order chi connectivity index (χ1) is 11.6. The molecule has 8 heteroatoms. The van der Waals surface area contributed by atoms with Gasteiger partial charge in [-0.2, -0.15) is 5.26 Å². The molecule has 0 radical (unpaired) electrons. The Morgan fingerprint density at radius 1 is 1.50 bits per heavy atom. The van der Waals surface area contributed by atoms with Crippen molar-refractivity contribution in [1.29, 1.82) is 5.26 Å². The molecule has 1 saturated heterocycles. The number of aromatic nitrogens is 1. The summed E-state index contributed by atoms with van der Waals surface area (Å²) in [6, 6.07) is 5.38. The van der Waals surface area contributed by atoms with Gasteiger partial charge in [-0.3, -0.25) is 9.59 Å². The van der Waals surface area contributed by atoms with Crippen molar-refractivity contribution in [3.05, 3.63) is 34.6 Å². The number of nitrogens with zero attached hydrogens (tertiary/aromatic N) is 3. The second-order valence-electron chi connectivity index (χ2n) is 5.27. The molecule has 0 unspecified atom stereocenters. The van der Waals surface area contributed by atoms with Gasteiger partial charge in [0.25, 0.3) is 5.91 Å². The van der Waals surface area contributed by atoms with E-state index >= 15 is 0 Å². The number of halogens is 1. The molecular formula is C16H18BrN5O2. The third kappa shape index (κ3) is 5.35. The van der Waals surface area contributed by atoms with E-state index in [1.165, 1.54) is 6.20 Å². The van der Waals surface area contributed by atoms with Gasteiger partial charge in [0.1, 0.15) is 17.5 Å². The van der Waals surface area contributed by atoms with Crippen LogP contribution in [0.15, 0.2) is 34.6 Å². The smallest absolute Gasteiger partial charge is 0.263 e. The van der Waals surface area contributed by atoms with E-state index in [0.29, 0.717) is 31.7 Å². The molecule has 0 aromatic carbocycles. The highest BCUT2D eigenvalue weighted by molar-refractivity contribution is 9.10. The largest absolute Gasteiger partial charge is 0.351 e. The minimum atomic E-state index is -0.449. The third-order valence-electron chi connectivity index (χ3n) is 3.52. The van der Waals surface area contributed by atoms with Crippen molar-refractivity contribution in [2.75, 3.05) is 25.0 Å². The van der Waals surface area contributed by atoms with Crippen molar-refractivity contribution in [1.82, 2.24) is 15.2 Å². The number of hydrogen-bond donors (Lipinski definition) is 2. The molecule has 126 valence electrons. The minimum absolute atomic E-state index is 0.0306. The van der Waals surface area contributed by atoms with Crippen LogP contribution in [0.3, 0.4) is 0 Å². The molecular weight excluding hydrogens is 374 g/mol. The normalized spacial score (nSPS) is 14.4. The fraction of sp³-hybridized carbons (Fsp3) is 0.375. The summed E-state index contributed by atoms with van der Waals surface area (Å²) >= 11 is 3.28. The number of nitrogens with one attached hydrogen (secondary N) is 2. The van der Waals surface area contributed by atoms with E-state index in [4.69, 9.17) is 5.26 Å². The van der Waals surface area contributed by atoms with Gasteiger partial charge in [-0.15, -0.1) is 0 Å². The van der Waals surface area contributed by atoms with E-state index in [9.17, 15) is 9.59 Å². The van der Waals surface area contributed by atoms with Gasteiger partial charge in [0.05, 0.1) is 0 Å². The summed E-state index contributed by atoms with van der Waals surface area (Å²) in [7, 11) is 0. The molecule has 1 aliphatic rings. The molecule has 7 nitrogen and oxygen atoms in total. The molecule has 2 heterocycles. The Bertz CT molecular complexity index is 666. The molecule has 0 aliphatic carbocycles. The number of nitriles is 1. The average molecular weight is 392 g/mol. The zero-order valence-corrected chi connectivity index (χ0v) is 14.7. The van der Waals surface area contributed by atoms with Crippen molar-refractivity contribution in [2.45, 2.75) is 19.3 Å². The number of pyridine rings is 1. The van der Waals surface area contributed by atoms with Crippen LogP contribution in [0.5, 0.6) is 0 Å². The Hall–Kier alpha value is -2.40. The van der Waals surface area contributed by atoms with Crippen molar-refractivity contribution in [2.24, 2.45) is 0 Å². The molecule has 24 heavy (non-hydrogen) atoms. The summed E-state index contributed by atoms with van der Waals surface area (Å²) < 4.78 is 0.840. The number of carbonyl (C=O) groups is 2. The molecule has 2 rings (SSSR count). The number of hydrogen-bond acceptors (Lipinski definition) is 5. The maximum atomic E-state index is 12.0. The first kappa shape index (κ1) is 17.9. The Morgan fingerprint density at radius 2 is 2.33 bits per heavy atom. The summed E-state index contributed by atoms with van der Waals surface area (Å²) in [5.41, 5.74) is -0.0306. The van der Waals surface area contributed by atoms with Gasteiger partial charge in [-0.1, -0.05) is 0 Å². The second-order valence-corrected chi connectivity index (χ2v) is 6.19. The average Bonchev–Trinajstić information content (AvgIpc) is 2.99. The summed E-state index contributed by atoms with van der Waals surface area (Å²) in [6.07, 6.45) is 5.13. The SMILES string of the molecule is N#C/C(=C/Nc1ccc(Br)cn1)C(=O)NCCCN1CCCC1=O. The molecule has 1 aromatic heterocycles.